The molecule has 1 aliphatic heterocycles. The van der Waals surface area contributed by atoms with Gasteiger partial charge in [0, 0.05) is 11.3 Å². The lowest BCUT2D eigenvalue weighted by atomic mass is 10.1. The average molecular weight is 295 g/mol. The number of nitrogens with zero attached hydrogens (tertiary/aromatic N) is 1. The number of carbonyl (C=O) groups is 2. The zero-order valence-corrected chi connectivity index (χ0v) is 12.2. The van der Waals surface area contributed by atoms with Gasteiger partial charge in [-0.05, 0) is 13.0 Å². The van der Waals surface area contributed by atoms with Gasteiger partial charge in [-0.15, -0.1) is 11.8 Å². The summed E-state index contributed by atoms with van der Waals surface area (Å²) < 4.78 is 5.22. The van der Waals surface area contributed by atoms with Crippen LogP contribution in [0, 0.1) is 0 Å². The monoisotopic (exact) mass is 295 g/mol. The van der Waals surface area contributed by atoms with Crippen LogP contribution in [0.5, 0.6) is 5.75 Å². The first-order valence-corrected chi connectivity index (χ1v) is 7.37. The molecule has 108 valence electrons. The van der Waals surface area contributed by atoms with Crippen molar-refractivity contribution in [3.8, 4) is 5.75 Å². The number of carboxylic acids is 1. The Morgan fingerprint density at radius 1 is 1.45 bits per heavy atom. The molecule has 1 aromatic rings. The van der Waals surface area contributed by atoms with Gasteiger partial charge < -0.3 is 14.7 Å². The number of ether oxygens (including phenoxy) is 1. The SMILES string of the molecule is COc1ccccc1CC(=O)N1C(C)SCC1C(=O)O. The molecule has 0 bridgehead atoms. The predicted octanol–water partition coefficient (Wildman–Crippen LogP) is 1.61. The predicted molar refractivity (Wildman–Crippen MR) is 76.9 cm³/mol. The molecule has 20 heavy (non-hydrogen) atoms. The molecule has 2 atom stereocenters. The quantitative estimate of drug-likeness (QED) is 0.914. The largest absolute Gasteiger partial charge is 0.496 e. The van der Waals surface area contributed by atoms with Crippen molar-refractivity contribution in [2.45, 2.75) is 24.8 Å². The fourth-order valence-electron chi connectivity index (χ4n) is 2.31. The van der Waals surface area contributed by atoms with Gasteiger partial charge in [0.25, 0.3) is 0 Å². The molecule has 0 aromatic heterocycles. The number of methoxy groups -OCH3 is 1. The molecule has 2 rings (SSSR count). The third-order valence-corrected chi connectivity index (χ3v) is 4.55. The van der Waals surface area contributed by atoms with Gasteiger partial charge >= 0.3 is 5.97 Å². The van der Waals surface area contributed by atoms with E-state index in [2.05, 4.69) is 0 Å². The fourth-order valence-corrected chi connectivity index (χ4v) is 3.50. The number of rotatable bonds is 4. The molecule has 1 aliphatic rings. The Bertz CT molecular complexity index is 520. The second kappa shape index (κ2) is 6.17. The molecular formula is C14H17NO4S. The van der Waals surface area contributed by atoms with Crippen LogP contribution >= 0.6 is 11.8 Å². The molecule has 1 amide bonds. The molecule has 5 nitrogen and oxygen atoms in total. The van der Waals surface area contributed by atoms with Gasteiger partial charge in [0.2, 0.25) is 5.91 Å². The molecule has 0 saturated carbocycles. The summed E-state index contributed by atoms with van der Waals surface area (Å²) in [5.41, 5.74) is 0.772. The van der Waals surface area contributed by atoms with E-state index in [9.17, 15) is 14.7 Å². The van der Waals surface area contributed by atoms with Gasteiger partial charge in [0.1, 0.15) is 11.8 Å². The van der Waals surface area contributed by atoms with Crippen molar-refractivity contribution in [2.75, 3.05) is 12.9 Å². The third-order valence-electron chi connectivity index (χ3n) is 3.33. The summed E-state index contributed by atoms with van der Waals surface area (Å²) in [6.07, 6.45) is 0.151. The van der Waals surface area contributed by atoms with E-state index in [0.717, 1.165) is 5.56 Å². The maximum absolute atomic E-state index is 12.4. The highest BCUT2D eigenvalue weighted by Crippen LogP contribution is 2.30. The van der Waals surface area contributed by atoms with Crippen molar-refractivity contribution < 1.29 is 19.4 Å². The summed E-state index contributed by atoms with van der Waals surface area (Å²) >= 11 is 1.48. The van der Waals surface area contributed by atoms with Gasteiger partial charge in [-0.2, -0.15) is 0 Å². The van der Waals surface area contributed by atoms with Crippen LogP contribution < -0.4 is 4.74 Å². The van der Waals surface area contributed by atoms with Gasteiger partial charge in [-0.25, -0.2) is 4.79 Å². The highest BCUT2D eigenvalue weighted by atomic mass is 32.2. The molecule has 0 spiro atoms. The summed E-state index contributed by atoms with van der Waals surface area (Å²) in [7, 11) is 1.55. The van der Waals surface area contributed by atoms with Crippen LogP contribution in [0.3, 0.4) is 0 Å². The molecule has 2 unspecified atom stereocenters. The van der Waals surface area contributed by atoms with Crippen molar-refractivity contribution >= 4 is 23.6 Å². The van der Waals surface area contributed by atoms with E-state index in [4.69, 9.17) is 4.74 Å². The number of hydrogen-bond acceptors (Lipinski definition) is 4. The highest BCUT2D eigenvalue weighted by molar-refractivity contribution is 8.00. The van der Waals surface area contributed by atoms with Gasteiger partial charge in [0.05, 0.1) is 18.9 Å². The van der Waals surface area contributed by atoms with Crippen LogP contribution in [0.2, 0.25) is 0 Å². The van der Waals surface area contributed by atoms with Crippen LogP contribution in [0.4, 0.5) is 0 Å². The van der Waals surface area contributed by atoms with E-state index in [0.29, 0.717) is 11.5 Å². The summed E-state index contributed by atoms with van der Waals surface area (Å²) in [6.45, 7) is 1.85. The van der Waals surface area contributed by atoms with E-state index < -0.39 is 12.0 Å². The number of para-hydroxylation sites is 1. The topological polar surface area (TPSA) is 66.8 Å². The van der Waals surface area contributed by atoms with E-state index in [1.807, 2.05) is 25.1 Å². The Labute approximate surface area is 121 Å². The lowest BCUT2D eigenvalue weighted by Crippen LogP contribution is -2.45. The summed E-state index contributed by atoms with van der Waals surface area (Å²) in [4.78, 5) is 25.1. The average Bonchev–Trinajstić information content (AvgIpc) is 2.81. The van der Waals surface area contributed by atoms with Crippen LogP contribution in [-0.4, -0.2) is 46.2 Å². The summed E-state index contributed by atoms with van der Waals surface area (Å²) in [5, 5.41) is 9.07. The van der Waals surface area contributed by atoms with Crippen molar-refractivity contribution in [1.29, 1.82) is 0 Å². The molecule has 1 heterocycles. The number of aliphatic carboxylic acids is 1. The van der Waals surface area contributed by atoms with E-state index >= 15 is 0 Å². The van der Waals surface area contributed by atoms with Crippen molar-refractivity contribution in [3.63, 3.8) is 0 Å². The standard InChI is InChI=1S/C14H17NO4S/c1-9-15(11(8-20-9)14(17)18)13(16)7-10-5-3-4-6-12(10)19-2/h3-6,9,11H,7-8H2,1-2H3,(H,17,18). The molecule has 0 aliphatic carbocycles. The Morgan fingerprint density at radius 3 is 2.80 bits per heavy atom. The van der Waals surface area contributed by atoms with Crippen molar-refractivity contribution in [3.05, 3.63) is 29.8 Å². The maximum atomic E-state index is 12.4. The number of benzene rings is 1. The molecule has 1 fully saturated rings. The zero-order valence-electron chi connectivity index (χ0n) is 11.4. The maximum Gasteiger partial charge on any atom is 0.327 e. The third kappa shape index (κ3) is 2.90. The first kappa shape index (κ1) is 14.7. The summed E-state index contributed by atoms with van der Waals surface area (Å²) in [5.74, 6) is -0.0457. The highest BCUT2D eigenvalue weighted by Gasteiger charge is 2.39. The lowest BCUT2D eigenvalue weighted by Gasteiger charge is -2.25. The molecule has 1 aromatic carbocycles. The van der Waals surface area contributed by atoms with E-state index in [1.54, 1.807) is 13.2 Å². The minimum atomic E-state index is -0.949. The van der Waals surface area contributed by atoms with Crippen LogP contribution in [0.15, 0.2) is 24.3 Å². The second-order valence-electron chi connectivity index (χ2n) is 4.58. The van der Waals surface area contributed by atoms with E-state index in [-0.39, 0.29) is 17.7 Å². The number of amides is 1. The Morgan fingerprint density at radius 2 is 2.15 bits per heavy atom. The number of carboxylic acid groups (broad SMARTS) is 1. The Balaban J connectivity index is 2.16. The molecule has 1 saturated heterocycles. The number of carbonyl (C=O) groups excluding carboxylic acids is 1. The minimum absolute atomic E-state index is 0.113. The first-order chi connectivity index (χ1) is 9.54. The Hall–Kier alpha value is -1.69. The fraction of sp³-hybridized carbons (Fsp3) is 0.429. The molecule has 0 radical (unpaired) electrons. The van der Waals surface area contributed by atoms with Crippen LogP contribution in [0.1, 0.15) is 12.5 Å². The normalized spacial score (nSPS) is 21.8. The zero-order chi connectivity index (χ0) is 14.7. The number of hydrogen-bond donors (Lipinski definition) is 1. The second-order valence-corrected chi connectivity index (χ2v) is 5.93. The van der Waals surface area contributed by atoms with Gasteiger partial charge in [-0.1, -0.05) is 18.2 Å². The molecule has 1 N–H and O–H groups in total. The van der Waals surface area contributed by atoms with Crippen LogP contribution in [-0.2, 0) is 16.0 Å². The van der Waals surface area contributed by atoms with Gasteiger partial charge in [0.15, 0.2) is 0 Å². The van der Waals surface area contributed by atoms with Gasteiger partial charge in [-0.3, -0.25) is 4.79 Å². The lowest BCUT2D eigenvalue weighted by molar-refractivity contribution is -0.148. The minimum Gasteiger partial charge on any atom is -0.496 e. The van der Waals surface area contributed by atoms with E-state index in [1.165, 1.54) is 16.7 Å². The number of thioether (sulfide) groups is 1. The molecule has 6 heteroatoms. The first-order valence-electron chi connectivity index (χ1n) is 6.32. The smallest absolute Gasteiger partial charge is 0.327 e. The van der Waals surface area contributed by atoms with Crippen LogP contribution in [0.25, 0.3) is 0 Å². The summed E-state index contributed by atoms with van der Waals surface area (Å²) in [6, 6.07) is 6.54. The molecular weight excluding hydrogens is 278 g/mol. The van der Waals surface area contributed by atoms with Crippen molar-refractivity contribution in [2.24, 2.45) is 0 Å². The Kier molecular flexibility index (Phi) is 4.54. The van der Waals surface area contributed by atoms with Crippen molar-refractivity contribution in [1.82, 2.24) is 4.90 Å².